The summed E-state index contributed by atoms with van der Waals surface area (Å²) in [5.41, 5.74) is 0. The second-order valence-corrected chi connectivity index (χ2v) is 6.64. The van der Waals surface area contributed by atoms with Gasteiger partial charge in [0.25, 0.3) is 0 Å². The van der Waals surface area contributed by atoms with Gasteiger partial charge in [0.05, 0.1) is 11.0 Å². The van der Waals surface area contributed by atoms with Crippen LogP contribution in [0, 0.1) is 5.92 Å². The van der Waals surface area contributed by atoms with Crippen LogP contribution < -0.4 is 5.32 Å². The maximum Gasteiger partial charge on any atom is 0.244 e. The van der Waals surface area contributed by atoms with Crippen LogP contribution in [0.25, 0.3) is 0 Å². The average molecular weight is 295 g/mol. The summed E-state index contributed by atoms with van der Waals surface area (Å²) in [4.78, 5) is 11.6. The standard InChI is InChI=1S/C14H17NO4S/c16-13(11-6-7-11)10-15-14(17)8-9-20(18,19)12-4-2-1-3-5-12/h1-5,8-9,11,13,16H,6-7,10H2,(H,15,17). The van der Waals surface area contributed by atoms with Crippen LogP contribution in [0.3, 0.4) is 0 Å². The van der Waals surface area contributed by atoms with E-state index in [-0.39, 0.29) is 17.4 Å². The minimum absolute atomic E-state index is 0.141. The van der Waals surface area contributed by atoms with Gasteiger partial charge in [0, 0.05) is 18.0 Å². The van der Waals surface area contributed by atoms with Crippen molar-refractivity contribution in [3.05, 3.63) is 41.8 Å². The lowest BCUT2D eigenvalue weighted by Gasteiger charge is -2.08. The molecule has 1 aromatic rings. The molecule has 0 radical (unpaired) electrons. The highest BCUT2D eigenvalue weighted by molar-refractivity contribution is 7.94. The van der Waals surface area contributed by atoms with Gasteiger partial charge in [-0.2, -0.15) is 0 Å². The summed E-state index contributed by atoms with van der Waals surface area (Å²) < 4.78 is 23.8. The van der Waals surface area contributed by atoms with Gasteiger partial charge in [0.1, 0.15) is 0 Å². The molecule has 0 spiro atoms. The summed E-state index contributed by atoms with van der Waals surface area (Å²) in [6, 6.07) is 7.89. The Bertz CT molecular complexity index is 591. The van der Waals surface area contributed by atoms with Crippen LogP contribution in [0.4, 0.5) is 0 Å². The molecule has 6 heteroatoms. The second kappa shape index (κ2) is 6.19. The maximum absolute atomic E-state index is 11.9. The SMILES string of the molecule is O=C(C=CS(=O)(=O)c1ccccc1)NCC(O)C1CC1. The lowest BCUT2D eigenvalue weighted by Crippen LogP contribution is -2.32. The summed E-state index contributed by atoms with van der Waals surface area (Å²) in [7, 11) is -3.60. The largest absolute Gasteiger partial charge is 0.391 e. The molecule has 1 atom stereocenters. The molecule has 1 saturated carbocycles. The number of carbonyl (C=O) groups excluding carboxylic acids is 1. The Hall–Kier alpha value is -1.66. The molecule has 108 valence electrons. The summed E-state index contributed by atoms with van der Waals surface area (Å²) in [5, 5.41) is 13.0. The molecule has 0 saturated heterocycles. The Morgan fingerprint density at radius 2 is 2.00 bits per heavy atom. The summed E-state index contributed by atoms with van der Waals surface area (Å²) in [5.74, 6) is -0.253. The van der Waals surface area contributed by atoms with E-state index in [4.69, 9.17) is 0 Å². The third-order valence-electron chi connectivity index (χ3n) is 3.12. The van der Waals surface area contributed by atoms with Gasteiger partial charge in [-0.1, -0.05) is 18.2 Å². The predicted molar refractivity (Wildman–Crippen MR) is 74.5 cm³/mol. The first kappa shape index (κ1) is 14.7. The topological polar surface area (TPSA) is 83.5 Å². The number of benzene rings is 1. The van der Waals surface area contributed by atoms with E-state index < -0.39 is 21.8 Å². The van der Waals surface area contributed by atoms with Crippen LogP contribution in [0.5, 0.6) is 0 Å². The van der Waals surface area contributed by atoms with Gasteiger partial charge >= 0.3 is 0 Å². The Morgan fingerprint density at radius 1 is 1.35 bits per heavy atom. The summed E-state index contributed by atoms with van der Waals surface area (Å²) in [6.45, 7) is 0.152. The van der Waals surface area contributed by atoms with Gasteiger partial charge in [0.2, 0.25) is 5.91 Å². The molecule has 0 aliphatic heterocycles. The predicted octanol–water partition coefficient (Wildman–Crippen LogP) is 0.861. The zero-order valence-corrected chi connectivity index (χ0v) is 11.7. The molecule has 1 fully saturated rings. The lowest BCUT2D eigenvalue weighted by molar-refractivity contribution is -0.117. The number of carbonyl (C=O) groups is 1. The van der Waals surface area contributed by atoms with E-state index in [1.165, 1.54) is 12.1 Å². The van der Waals surface area contributed by atoms with Crippen LogP contribution >= 0.6 is 0 Å². The van der Waals surface area contributed by atoms with Crippen molar-refractivity contribution in [2.24, 2.45) is 5.92 Å². The van der Waals surface area contributed by atoms with Crippen LogP contribution in [0.2, 0.25) is 0 Å². The Labute approximate surface area is 118 Å². The van der Waals surface area contributed by atoms with Crippen LogP contribution in [0.15, 0.2) is 46.7 Å². The van der Waals surface area contributed by atoms with Crippen molar-refractivity contribution in [3.63, 3.8) is 0 Å². The molecule has 20 heavy (non-hydrogen) atoms. The van der Waals surface area contributed by atoms with E-state index in [0.717, 1.165) is 24.3 Å². The van der Waals surface area contributed by atoms with Gasteiger partial charge < -0.3 is 10.4 Å². The van der Waals surface area contributed by atoms with E-state index in [2.05, 4.69) is 5.32 Å². The fraction of sp³-hybridized carbons (Fsp3) is 0.357. The number of nitrogens with one attached hydrogen (secondary N) is 1. The Kier molecular flexibility index (Phi) is 4.57. The number of rotatable bonds is 6. The minimum Gasteiger partial charge on any atom is -0.391 e. The smallest absolute Gasteiger partial charge is 0.244 e. The first-order valence-corrected chi connectivity index (χ1v) is 7.98. The number of amides is 1. The molecular weight excluding hydrogens is 278 g/mol. The third kappa shape index (κ3) is 4.18. The van der Waals surface area contributed by atoms with Gasteiger partial charge in [0.15, 0.2) is 9.84 Å². The van der Waals surface area contributed by atoms with Crippen molar-refractivity contribution in [2.75, 3.05) is 6.54 Å². The highest BCUT2D eigenvalue weighted by atomic mass is 32.2. The molecular formula is C14H17NO4S. The van der Waals surface area contributed by atoms with Crippen LogP contribution in [-0.2, 0) is 14.6 Å². The zero-order chi connectivity index (χ0) is 14.6. The Morgan fingerprint density at radius 3 is 2.60 bits per heavy atom. The minimum atomic E-state index is -3.60. The molecule has 5 nitrogen and oxygen atoms in total. The van der Waals surface area contributed by atoms with Crippen molar-refractivity contribution in [2.45, 2.75) is 23.8 Å². The van der Waals surface area contributed by atoms with Crippen molar-refractivity contribution < 1.29 is 18.3 Å². The van der Waals surface area contributed by atoms with Gasteiger partial charge in [-0.3, -0.25) is 4.79 Å². The van der Waals surface area contributed by atoms with Gasteiger partial charge in [-0.25, -0.2) is 8.42 Å². The van der Waals surface area contributed by atoms with E-state index in [0.29, 0.717) is 0 Å². The molecule has 1 aromatic carbocycles. The van der Waals surface area contributed by atoms with Crippen LogP contribution in [-0.4, -0.2) is 32.1 Å². The number of aliphatic hydroxyl groups excluding tert-OH is 1. The molecule has 0 aromatic heterocycles. The van der Waals surface area contributed by atoms with E-state index in [1.54, 1.807) is 18.2 Å². The number of hydrogen-bond donors (Lipinski definition) is 2. The van der Waals surface area contributed by atoms with E-state index in [1.807, 2.05) is 0 Å². The first-order valence-electron chi connectivity index (χ1n) is 6.43. The van der Waals surface area contributed by atoms with Crippen LogP contribution in [0.1, 0.15) is 12.8 Å². The van der Waals surface area contributed by atoms with Crippen molar-refractivity contribution >= 4 is 15.7 Å². The number of aliphatic hydroxyl groups is 1. The monoisotopic (exact) mass is 295 g/mol. The number of hydrogen-bond acceptors (Lipinski definition) is 4. The molecule has 0 heterocycles. The van der Waals surface area contributed by atoms with Gasteiger partial charge in [-0.05, 0) is 30.9 Å². The van der Waals surface area contributed by atoms with Crippen molar-refractivity contribution in [1.82, 2.24) is 5.32 Å². The molecule has 1 aliphatic carbocycles. The molecule has 2 rings (SSSR count). The average Bonchev–Trinajstić information content (AvgIpc) is 3.28. The quantitative estimate of drug-likeness (QED) is 0.763. The van der Waals surface area contributed by atoms with Gasteiger partial charge in [-0.15, -0.1) is 0 Å². The third-order valence-corrected chi connectivity index (χ3v) is 4.55. The fourth-order valence-corrected chi connectivity index (χ4v) is 2.75. The second-order valence-electron chi connectivity index (χ2n) is 4.81. The fourth-order valence-electron chi connectivity index (χ4n) is 1.75. The summed E-state index contributed by atoms with van der Waals surface area (Å²) >= 11 is 0. The molecule has 1 aliphatic rings. The Balaban J connectivity index is 1.89. The summed E-state index contributed by atoms with van der Waals surface area (Å²) in [6.07, 6.45) is 2.39. The zero-order valence-electron chi connectivity index (χ0n) is 10.9. The molecule has 1 amide bonds. The maximum atomic E-state index is 11.9. The molecule has 1 unspecified atom stereocenters. The lowest BCUT2D eigenvalue weighted by atomic mass is 10.2. The molecule has 2 N–H and O–H groups in total. The molecule has 0 bridgehead atoms. The highest BCUT2D eigenvalue weighted by Gasteiger charge is 2.29. The normalized spacial score (nSPS) is 17.1. The highest BCUT2D eigenvalue weighted by Crippen LogP contribution is 2.32. The van der Waals surface area contributed by atoms with Crippen molar-refractivity contribution in [1.29, 1.82) is 0 Å². The first-order chi connectivity index (χ1) is 9.49. The van der Waals surface area contributed by atoms with E-state index in [9.17, 15) is 18.3 Å². The van der Waals surface area contributed by atoms with Crippen molar-refractivity contribution in [3.8, 4) is 0 Å². The number of sulfone groups is 1. The van der Waals surface area contributed by atoms with E-state index >= 15 is 0 Å².